The lowest BCUT2D eigenvalue weighted by Crippen LogP contribution is -2.42. The highest BCUT2D eigenvalue weighted by Crippen LogP contribution is 2.63. The molecule has 3 heteroatoms. The molecule has 158 valence electrons. The lowest BCUT2D eigenvalue weighted by atomic mass is 9.54. The number of ketones is 2. The second-order valence-electron chi connectivity index (χ2n) is 10.2. The zero-order valence-corrected chi connectivity index (χ0v) is 18.5. The predicted octanol–water partition coefficient (Wildman–Crippen LogP) is 5.83. The van der Waals surface area contributed by atoms with Crippen LogP contribution < -0.4 is 5.32 Å². The van der Waals surface area contributed by atoms with Gasteiger partial charge in [0.25, 0.3) is 0 Å². The van der Waals surface area contributed by atoms with E-state index in [1.807, 2.05) is 13.1 Å². The van der Waals surface area contributed by atoms with E-state index in [9.17, 15) is 9.59 Å². The lowest BCUT2D eigenvalue weighted by Gasteiger charge is -2.49. The van der Waals surface area contributed by atoms with Gasteiger partial charge in [-0.2, -0.15) is 0 Å². The summed E-state index contributed by atoms with van der Waals surface area (Å²) in [6.45, 7) is 4.19. The van der Waals surface area contributed by atoms with Crippen LogP contribution in [-0.2, 0) is 9.59 Å². The molecule has 0 radical (unpaired) electrons. The quantitative estimate of drug-likeness (QED) is 0.690. The Bertz CT molecular complexity index is 954. The minimum absolute atomic E-state index is 0.163. The van der Waals surface area contributed by atoms with Crippen LogP contribution in [0.15, 0.2) is 47.1 Å². The molecule has 2 fully saturated rings. The van der Waals surface area contributed by atoms with E-state index in [1.54, 1.807) is 12.5 Å². The van der Waals surface area contributed by atoms with Crippen molar-refractivity contribution in [3.8, 4) is 0 Å². The molecule has 0 heterocycles. The highest BCUT2D eigenvalue weighted by atomic mass is 16.1. The van der Waals surface area contributed by atoms with Gasteiger partial charge >= 0.3 is 0 Å². The topological polar surface area (TPSA) is 46.2 Å². The first-order valence-corrected chi connectivity index (χ1v) is 11.7. The maximum absolute atomic E-state index is 12.6. The number of hydrogen-bond acceptors (Lipinski definition) is 3. The number of hydrogen-bond donors (Lipinski definition) is 1. The number of benzene rings is 1. The third-order valence-corrected chi connectivity index (χ3v) is 8.87. The molecule has 5 atom stereocenters. The Hall–Kier alpha value is -2.16. The van der Waals surface area contributed by atoms with Crippen molar-refractivity contribution in [2.24, 2.45) is 23.2 Å². The summed E-state index contributed by atoms with van der Waals surface area (Å²) in [5.74, 6) is 2.30. The highest BCUT2D eigenvalue weighted by Gasteiger charge is 2.55. The van der Waals surface area contributed by atoms with Crippen molar-refractivity contribution in [2.45, 2.75) is 64.7 Å². The molecule has 0 aliphatic heterocycles. The molecule has 1 N–H and O–H groups in total. The smallest absolute Gasteiger partial charge is 0.156 e. The molecule has 30 heavy (non-hydrogen) atoms. The van der Waals surface area contributed by atoms with Crippen LogP contribution >= 0.6 is 0 Å². The molecule has 0 unspecified atom stereocenters. The average molecular weight is 404 g/mol. The van der Waals surface area contributed by atoms with Crippen molar-refractivity contribution >= 4 is 17.3 Å². The number of Topliss-reactive ketones (excluding diaryl/α,β-unsaturated/α-hetero) is 1. The van der Waals surface area contributed by atoms with E-state index in [1.165, 1.54) is 23.1 Å². The second-order valence-corrected chi connectivity index (χ2v) is 10.2. The van der Waals surface area contributed by atoms with E-state index < -0.39 is 0 Å². The molecular weight excluding hydrogens is 370 g/mol. The van der Waals surface area contributed by atoms with Crippen LogP contribution in [0.4, 0.5) is 5.69 Å². The van der Waals surface area contributed by atoms with Crippen molar-refractivity contribution in [1.82, 2.24) is 0 Å². The van der Waals surface area contributed by atoms with Crippen LogP contribution in [-0.4, -0.2) is 18.6 Å². The number of rotatable bonds is 3. The van der Waals surface area contributed by atoms with E-state index in [0.29, 0.717) is 24.0 Å². The molecule has 4 aliphatic rings. The van der Waals surface area contributed by atoms with E-state index >= 15 is 0 Å². The van der Waals surface area contributed by atoms with Gasteiger partial charge in [-0.1, -0.05) is 24.6 Å². The maximum atomic E-state index is 12.6. The fraction of sp³-hybridized carbons (Fsp3) is 0.556. The summed E-state index contributed by atoms with van der Waals surface area (Å²) < 4.78 is 0. The summed E-state index contributed by atoms with van der Waals surface area (Å²) in [7, 11) is 1.94. The third kappa shape index (κ3) is 2.92. The van der Waals surface area contributed by atoms with Crippen LogP contribution in [0, 0.1) is 23.2 Å². The van der Waals surface area contributed by atoms with E-state index in [4.69, 9.17) is 0 Å². The number of fused-ring (bicyclic) bond motifs is 4. The molecule has 0 amide bonds. The number of carbonyl (C=O) groups excluding carboxylic acids is 2. The Kier molecular flexibility index (Phi) is 4.76. The van der Waals surface area contributed by atoms with Gasteiger partial charge in [-0.05, 0) is 97.6 Å². The van der Waals surface area contributed by atoms with Crippen LogP contribution in [0.25, 0.3) is 0 Å². The maximum Gasteiger partial charge on any atom is 0.156 e. The van der Waals surface area contributed by atoms with Gasteiger partial charge < -0.3 is 5.32 Å². The molecule has 5 rings (SSSR count). The molecule has 0 saturated heterocycles. The van der Waals surface area contributed by atoms with Crippen molar-refractivity contribution in [1.29, 1.82) is 0 Å². The van der Waals surface area contributed by atoms with Gasteiger partial charge in [-0.25, -0.2) is 0 Å². The van der Waals surface area contributed by atoms with Crippen LogP contribution in [0.3, 0.4) is 0 Å². The Morgan fingerprint density at radius 1 is 1.10 bits per heavy atom. The highest BCUT2D eigenvalue weighted by molar-refractivity contribution is 5.94. The fourth-order valence-electron chi connectivity index (χ4n) is 7.47. The Morgan fingerprint density at radius 2 is 1.87 bits per heavy atom. The van der Waals surface area contributed by atoms with Crippen LogP contribution in [0.2, 0.25) is 0 Å². The van der Waals surface area contributed by atoms with Gasteiger partial charge in [0, 0.05) is 31.0 Å². The Balaban J connectivity index is 1.57. The Labute approximate surface area is 180 Å². The first-order valence-electron chi connectivity index (χ1n) is 11.7. The average Bonchev–Trinajstić information content (AvgIpc) is 3.10. The minimum Gasteiger partial charge on any atom is -0.388 e. The van der Waals surface area contributed by atoms with Crippen LogP contribution in [0.5, 0.6) is 0 Å². The molecule has 4 aliphatic carbocycles. The summed E-state index contributed by atoms with van der Waals surface area (Å²) in [4.78, 5) is 24.9. The van der Waals surface area contributed by atoms with Gasteiger partial charge in [0.05, 0.1) is 0 Å². The van der Waals surface area contributed by atoms with Crippen molar-refractivity contribution in [3.05, 3.63) is 52.6 Å². The molecule has 0 aromatic heterocycles. The summed E-state index contributed by atoms with van der Waals surface area (Å²) in [6.07, 6.45) is 9.14. The first kappa shape index (κ1) is 19.8. The number of carbonyl (C=O) groups is 2. The molecule has 0 bridgehead atoms. The van der Waals surface area contributed by atoms with Gasteiger partial charge in [0.2, 0.25) is 0 Å². The monoisotopic (exact) mass is 403 g/mol. The molecular formula is C27H33NO2. The third-order valence-electron chi connectivity index (χ3n) is 8.87. The van der Waals surface area contributed by atoms with Crippen LogP contribution in [0.1, 0.15) is 70.3 Å². The molecule has 2 saturated carbocycles. The SMILES string of the molecule is CNc1ccc([C@@H]2CC(=O)C=C3CC[C@@H]4C(=C32)CC[C@]2(C)[C@@H](C(C)=O)CC[C@@H]42)cc1. The standard InChI is InChI=1S/C27H33NO2/c1-16(29)24-10-11-25-21-9-6-18-14-20(30)15-23(17-4-7-19(28-3)8-5-17)26(18)22(21)12-13-27(24,25)2/h4-5,7-8,14,21,23-25,28H,6,9-13,15H2,1-3H3/t21-,23+,24-,25+,27-/m1/s1. The van der Waals surface area contributed by atoms with E-state index in [-0.39, 0.29) is 23.0 Å². The predicted molar refractivity (Wildman–Crippen MR) is 120 cm³/mol. The van der Waals surface area contributed by atoms with Gasteiger partial charge in [0.15, 0.2) is 5.78 Å². The molecule has 1 aromatic rings. The summed E-state index contributed by atoms with van der Waals surface area (Å²) >= 11 is 0. The van der Waals surface area contributed by atoms with Gasteiger partial charge in [0.1, 0.15) is 5.78 Å². The van der Waals surface area contributed by atoms with Crippen molar-refractivity contribution in [2.75, 3.05) is 12.4 Å². The molecule has 3 nitrogen and oxygen atoms in total. The zero-order valence-electron chi connectivity index (χ0n) is 18.5. The number of anilines is 1. The van der Waals surface area contributed by atoms with Gasteiger partial charge in [-0.3, -0.25) is 9.59 Å². The molecule has 1 aromatic carbocycles. The largest absolute Gasteiger partial charge is 0.388 e. The second kappa shape index (κ2) is 7.21. The minimum atomic E-state index is 0.163. The zero-order chi connectivity index (χ0) is 21.0. The lowest BCUT2D eigenvalue weighted by molar-refractivity contribution is -0.125. The Morgan fingerprint density at radius 3 is 2.57 bits per heavy atom. The van der Waals surface area contributed by atoms with E-state index in [0.717, 1.165) is 37.8 Å². The molecule has 0 spiro atoms. The summed E-state index contributed by atoms with van der Waals surface area (Å²) in [5, 5.41) is 3.19. The number of allylic oxidation sites excluding steroid dienone is 4. The van der Waals surface area contributed by atoms with Crippen molar-refractivity contribution < 1.29 is 9.59 Å². The normalized spacial score (nSPS) is 35.3. The summed E-state index contributed by atoms with van der Waals surface area (Å²) in [5.41, 5.74) is 6.93. The fourth-order valence-corrected chi connectivity index (χ4v) is 7.47. The van der Waals surface area contributed by atoms with Gasteiger partial charge in [-0.15, -0.1) is 0 Å². The van der Waals surface area contributed by atoms with E-state index in [2.05, 4.69) is 36.5 Å². The first-order chi connectivity index (χ1) is 14.4. The summed E-state index contributed by atoms with van der Waals surface area (Å²) in [6, 6.07) is 8.63. The van der Waals surface area contributed by atoms with Crippen molar-refractivity contribution in [3.63, 3.8) is 0 Å². The number of nitrogens with one attached hydrogen (secondary N) is 1.